The Balaban J connectivity index is 0.000000845. The molecule has 0 radical (unpaired) electrons. The van der Waals surface area contributed by atoms with Gasteiger partial charge in [0.1, 0.15) is 6.33 Å². The van der Waals surface area contributed by atoms with Crippen LogP contribution in [0.5, 0.6) is 0 Å². The van der Waals surface area contributed by atoms with E-state index in [1.54, 1.807) is 18.7 Å². The van der Waals surface area contributed by atoms with E-state index >= 15 is 0 Å². The van der Waals surface area contributed by atoms with Crippen LogP contribution in [0.15, 0.2) is 17.2 Å². The average molecular weight is 201 g/mol. The highest BCUT2D eigenvalue weighted by molar-refractivity contribution is 5.85. The number of aromatic nitrogens is 4. The molecular formula is C7H9ClN4O. The van der Waals surface area contributed by atoms with Gasteiger partial charge in [0.2, 0.25) is 5.78 Å². The molecular weight excluding hydrogens is 192 g/mol. The fraction of sp³-hybridized carbons (Fsp3) is 0.286. The standard InChI is InChI=1S/C7H8N4O.ClH/c1-5-3-6(12)11-4-8-10(2)7(11)9-5;/h3-4H,1-2H3;1H. The fourth-order valence-corrected chi connectivity index (χ4v) is 1.11. The Hall–Kier alpha value is -1.36. The molecule has 0 spiro atoms. The molecule has 6 heteroatoms. The summed E-state index contributed by atoms with van der Waals surface area (Å²) >= 11 is 0. The Labute approximate surface area is 80.4 Å². The van der Waals surface area contributed by atoms with E-state index in [-0.39, 0.29) is 18.0 Å². The van der Waals surface area contributed by atoms with E-state index in [0.29, 0.717) is 11.5 Å². The first-order valence-electron chi connectivity index (χ1n) is 3.56. The summed E-state index contributed by atoms with van der Waals surface area (Å²) in [6.07, 6.45) is 1.46. The maximum Gasteiger partial charge on any atom is 0.260 e. The summed E-state index contributed by atoms with van der Waals surface area (Å²) in [4.78, 5) is 15.4. The summed E-state index contributed by atoms with van der Waals surface area (Å²) in [5.41, 5.74) is 0.620. The zero-order valence-corrected chi connectivity index (χ0v) is 8.08. The number of hydrogen-bond acceptors (Lipinski definition) is 3. The van der Waals surface area contributed by atoms with Crippen molar-refractivity contribution in [2.45, 2.75) is 6.92 Å². The fourth-order valence-electron chi connectivity index (χ4n) is 1.11. The van der Waals surface area contributed by atoms with Crippen molar-refractivity contribution in [3.63, 3.8) is 0 Å². The molecule has 0 aliphatic heterocycles. The lowest BCUT2D eigenvalue weighted by atomic mass is 10.4. The summed E-state index contributed by atoms with van der Waals surface area (Å²) in [5, 5.41) is 3.91. The molecule has 0 aliphatic rings. The van der Waals surface area contributed by atoms with Crippen molar-refractivity contribution in [3.05, 3.63) is 28.4 Å². The molecule has 0 saturated heterocycles. The molecule has 0 unspecified atom stereocenters. The van der Waals surface area contributed by atoms with Gasteiger partial charge >= 0.3 is 0 Å². The third-order valence-electron chi connectivity index (χ3n) is 1.69. The number of rotatable bonds is 0. The second-order valence-corrected chi connectivity index (χ2v) is 2.66. The predicted molar refractivity (Wildman–Crippen MR) is 50.2 cm³/mol. The first-order valence-corrected chi connectivity index (χ1v) is 3.56. The summed E-state index contributed by atoms with van der Waals surface area (Å²) in [6, 6.07) is 1.48. The van der Waals surface area contributed by atoms with Gasteiger partial charge in [0.25, 0.3) is 5.56 Å². The number of aryl methyl sites for hydroxylation is 2. The monoisotopic (exact) mass is 200 g/mol. The minimum Gasteiger partial charge on any atom is -0.269 e. The Morgan fingerprint density at radius 3 is 2.85 bits per heavy atom. The van der Waals surface area contributed by atoms with Crippen molar-refractivity contribution < 1.29 is 0 Å². The molecule has 0 fully saturated rings. The Kier molecular flexibility index (Phi) is 2.38. The van der Waals surface area contributed by atoms with Crippen LogP contribution >= 0.6 is 12.4 Å². The minimum atomic E-state index is -0.0920. The number of nitrogens with zero attached hydrogens (tertiary/aromatic N) is 4. The van der Waals surface area contributed by atoms with E-state index in [1.165, 1.54) is 16.8 Å². The van der Waals surface area contributed by atoms with Crippen LogP contribution in [0, 0.1) is 6.92 Å². The smallest absolute Gasteiger partial charge is 0.260 e. The third kappa shape index (κ3) is 1.42. The highest BCUT2D eigenvalue weighted by Crippen LogP contribution is 1.94. The molecule has 70 valence electrons. The van der Waals surface area contributed by atoms with Crippen molar-refractivity contribution in [3.8, 4) is 0 Å². The van der Waals surface area contributed by atoms with E-state index in [1.807, 2.05) is 0 Å². The molecule has 2 aromatic rings. The second-order valence-electron chi connectivity index (χ2n) is 2.66. The first kappa shape index (κ1) is 9.73. The first-order chi connectivity index (χ1) is 5.68. The van der Waals surface area contributed by atoms with Gasteiger partial charge in [-0.25, -0.2) is 14.1 Å². The van der Waals surface area contributed by atoms with Crippen LogP contribution in [0.25, 0.3) is 5.78 Å². The van der Waals surface area contributed by atoms with E-state index in [2.05, 4.69) is 10.1 Å². The molecule has 5 nitrogen and oxygen atoms in total. The summed E-state index contributed by atoms with van der Waals surface area (Å²) < 4.78 is 2.97. The maximum atomic E-state index is 11.3. The normalized spacial score (nSPS) is 10.0. The van der Waals surface area contributed by atoms with E-state index < -0.39 is 0 Å². The van der Waals surface area contributed by atoms with Gasteiger partial charge in [0.05, 0.1) is 0 Å². The Morgan fingerprint density at radius 2 is 2.15 bits per heavy atom. The van der Waals surface area contributed by atoms with Crippen molar-refractivity contribution in [2.75, 3.05) is 0 Å². The Morgan fingerprint density at radius 1 is 1.46 bits per heavy atom. The van der Waals surface area contributed by atoms with Gasteiger partial charge in [0.15, 0.2) is 0 Å². The van der Waals surface area contributed by atoms with Crippen LogP contribution in [0.3, 0.4) is 0 Å². The quantitative estimate of drug-likeness (QED) is 0.609. The topological polar surface area (TPSA) is 52.2 Å². The maximum absolute atomic E-state index is 11.3. The van der Waals surface area contributed by atoms with Crippen molar-refractivity contribution in [2.24, 2.45) is 7.05 Å². The van der Waals surface area contributed by atoms with Crippen LogP contribution < -0.4 is 5.56 Å². The molecule has 0 N–H and O–H groups in total. The van der Waals surface area contributed by atoms with Crippen molar-refractivity contribution in [1.29, 1.82) is 0 Å². The molecule has 0 saturated carbocycles. The van der Waals surface area contributed by atoms with Crippen molar-refractivity contribution in [1.82, 2.24) is 19.2 Å². The van der Waals surface area contributed by atoms with Gasteiger partial charge in [-0.05, 0) is 6.92 Å². The second kappa shape index (κ2) is 3.18. The van der Waals surface area contributed by atoms with Gasteiger partial charge in [-0.3, -0.25) is 4.79 Å². The van der Waals surface area contributed by atoms with Crippen LogP contribution in [-0.4, -0.2) is 19.2 Å². The predicted octanol–water partition coefficient (Wildman–Crippen LogP) is 0.158. The molecule has 2 aromatic heterocycles. The number of halogens is 1. The zero-order valence-electron chi connectivity index (χ0n) is 7.26. The molecule has 0 aromatic carbocycles. The molecule has 0 bridgehead atoms. The highest BCUT2D eigenvalue weighted by Gasteiger charge is 2.02. The molecule has 13 heavy (non-hydrogen) atoms. The Bertz CT molecular complexity index is 487. The van der Waals surface area contributed by atoms with Crippen molar-refractivity contribution >= 4 is 18.2 Å². The molecule has 0 aliphatic carbocycles. The van der Waals surface area contributed by atoms with Gasteiger partial charge in [-0.2, -0.15) is 5.10 Å². The molecule has 0 amide bonds. The van der Waals surface area contributed by atoms with Gasteiger partial charge in [-0.15, -0.1) is 12.4 Å². The highest BCUT2D eigenvalue weighted by atomic mass is 35.5. The molecule has 2 heterocycles. The van der Waals surface area contributed by atoms with Gasteiger partial charge < -0.3 is 0 Å². The molecule has 2 rings (SSSR count). The summed E-state index contributed by atoms with van der Waals surface area (Å²) in [6.45, 7) is 1.79. The van der Waals surface area contributed by atoms with E-state index in [0.717, 1.165) is 0 Å². The van der Waals surface area contributed by atoms with E-state index in [9.17, 15) is 4.79 Å². The van der Waals surface area contributed by atoms with Crippen LogP contribution in [0.1, 0.15) is 5.69 Å². The minimum absolute atomic E-state index is 0. The van der Waals surface area contributed by atoms with Crippen LogP contribution in [0.2, 0.25) is 0 Å². The largest absolute Gasteiger partial charge is 0.269 e. The summed E-state index contributed by atoms with van der Waals surface area (Å²) in [7, 11) is 1.75. The van der Waals surface area contributed by atoms with E-state index in [4.69, 9.17) is 0 Å². The number of hydrogen-bond donors (Lipinski definition) is 0. The number of fused-ring (bicyclic) bond motifs is 1. The lowest BCUT2D eigenvalue weighted by Crippen LogP contribution is -2.13. The summed E-state index contributed by atoms with van der Waals surface area (Å²) in [5.74, 6) is 0.569. The van der Waals surface area contributed by atoms with Gasteiger partial charge in [0, 0.05) is 18.8 Å². The van der Waals surface area contributed by atoms with Crippen LogP contribution in [-0.2, 0) is 7.05 Å². The molecule has 0 atom stereocenters. The van der Waals surface area contributed by atoms with Gasteiger partial charge in [-0.1, -0.05) is 0 Å². The lowest BCUT2D eigenvalue weighted by molar-refractivity contribution is 0.782. The third-order valence-corrected chi connectivity index (χ3v) is 1.69. The lowest BCUT2D eigenvalue weighted by Gasteiger charge is -1.94. The average Bonchev–Trinajstić information content (AvgIpc) is 2.33. The van der Waals surface area contributed by atoms with Crippen LogP contribution in [0.4, 0.5) is 0 Å². The SMILES string of the molecule is Cc1cc(=O)n2cnn(C)c2n1.Cl. The zero-order chi connectivity index (χ0) is 8.72.